The second-order valence-corrected chi connectivity index (χ2v) is 9.70. The molecule has 2 aromatic carbocycles. The maximum absolute atomic E-state index is 13.0. The van der Waals surface area contributed by atoms with E-state index in [1.807, 2.05) is 27.7 Å². The van der Waals surface area contributed by atoms with E-state index < -0.39 is 10.0 Å². The number of nitrogens with one attached hydrogen (secondary N) is 1. The van der Waals surface area contributed by atoms with Gasteiger partial charge in [0.25, 0.3) is 0 Å². The number of hydrogen-bond donors (Lipinski definition) is 1. The highest BCUT2D eigenvalue weighted by molar-refractivity contribution is 7.89. The van der Waals surface area contributed by atoms with Gasteiger partial charge in [0.05, 0.1) is 4.90 Å². The van der Waals surface area contributed by atoms with Crippen molar-refractivity contribution < 1.29 is 8.42 Å². The third-order valence-electron chi connectivity index (χ3n) is 6.35. The second-order valence-electron chi connectivity index (χ2n) is 8.00. The normalized spacial score (nSPS) is 14.4. The SMILES string of the molecule is Cc1c(C)c(C)c(S(=O)(=O)NCCCN2CCc3ccccc3C2)c(C)c1C.Cl. The summed E-state index contributed by atoms with van der Waals surface area (Å²) >= 11 is 0. The third kappa shape index (κ3) is 5.02. The molecule has 0 saturated heterocycles. The van der Waals surface area contributed by atoms with Crippen LogP contribution in [-0.2, 0) is 23.0 Å². The highest BCUT2D eigenvalue weighted by atomic mass is 35.5. The first-order valence-electron chi connectivity index (χ1n) is 10.1. The van der Waals surface area contributed by atoms with Crippen molar-refractivity contribution in [2.24, 2.45) is 0 Å². The topological polar surface area (TPSA) is 49.4 Å². The first-order valence-corrected chi connectivity index (χ1v) is 11.6. The zero-order chi connectivity index (χ0) is 20.5. The number of hydrogen-bond acceptors (Lipinski definition) is 3. The van der Waals surface area contributed by atoms with Crippen LogP contribution in [0.4, 0.5) is 0 Å². The predicted molar refractivity (Wildman–Crippen MR) is 123 cm³/mol. The summed E-state index contributed by atoms with van der Waals surface area (Å²) < 4.78 is 28.8. The molecule has 0 fully saturated rings. The van der Waals surface area contributed by atoms with Crippen molar-refractivity contribution in [2.75, 3.05) is 19.6 Å². The third-order valence-corrected chi connectivity index (χ3v) is 8.09. The number of fused-ring (bicyclic) bond motifs is 1. The summed E-state index contributed by atoms with van der Waals surface area (Å²) in [4.78, 5) is 2.87. The summed E-state index contributed by atoms with van der Waals surface area (Å²) in [5.41, 5.74) is 7.87. The molecule has 3 rings (SSSR count). The molecule has 0 radical (unpaired) electrons. The molecule has 1 N–H and O–H groups in total. The second kappa shape index (κ2) is 9.61. The van der Waals surface area contributed by atoms with Crippen molar-refractivity contribution in [3.63, 3.8) is 0 Å². The van der Waals surface area contributed by atoms with E-state index in [0.717, 1.165) is 54.7 Å². The van der Waals surface area contributed by atoms with E-state index in [-0.39, 0.29) is 12.4 Å². The van der Waals surface area contributed by atoms with Gasteiger partial charge in [-0.05, 0) is 92.9 Å². The van der Waals surface area contributed by atoms with Gasteiger partial charge >= 0.3 is 0 Å². The number of nitrogens with zero attached hydrogens (tertiary/aromatic N) is 1. The zero-order valence-corrected chi connectivity index (χ0v) is 19.8. The molecule has 0 saturated carbocycles. The first kappa shape index (κ1) is 23.9. The number of rotatable bonds is 6. The summed E-state index contributed by atoms with van der Waals surface area (Å²) in [7, 11) is -3.50. The minimum atomic E-state index is -3.50. The fraction of sp³-hybridized carbons (Fsp3) is 0.478. The van der Waals surface area contributed by atoms with Crippen molar-refractivity contribution in [3.05, 3.63) is 63.2 Å². The Bertz CT molecular complexity index is 958. The molecular formula is C23H33ClN2O2S. The average Bonchev–Trinajstić information content (AvgIpc) is 2.68. The Morgan fingerprint density at radius 2 is 1.45 bits per heavy atom. The van der Waals surface area contributed by atoms with Crippen molar-refractivity contribution in [2.45, 2.75) is 58.9 Å². The molecule has 2 aromatic rings. The molecule has 0 amide bonds. The Balaban J connectivity index is 0.00000300. The van der Waals surface area contributed by atoms with Gasteiger partial charge in [0, 0.05) is 19.6 Å². The van der Waals surface area contributed by atoms with E-state index in [4.69, 9.17) is 0 Å². The lowest BCUT2D eigenvalue weighted by Crippen LogP contribution is -2.34. The van der Waals surface area contributed by atoms with E-state index in [1.54, 1.807) is 0 Å². The van der Waals surface area contributed by atoms with E-state index in [2.05, 4.69) is 40.8 Å². The van der Waals surface area contributed by atoms with Crippen molar-refractivity contribution in [1.29, 1.82) is 0 Å². The van der Waals surface area contributed by atoms with Crippen LogP contribution in [0.25, 0.3) is 0 Å². The van der Waals surface area contributed by atoms with Gasteiger partial charge < -0.3 is 0 Å². The van der Waals surface area contributed by atoms with Gasteiger partial charge in [-0.15, -0.1) is 12.4 Å². The maximum atomic E-state index is 13.0. The summed E-state index contributed by atoms with van der Waals surface area (Å²) in [6.45, 7) is 13.3. The van der Waals surface area contributed by atoms with E-state index >= 15 is 0 Å². The fourth-order valence-electron chi connectivity index (χ4n) is 4.20. The van der Waals surface area contributed by atoms with Crippen LogP contribution >= 0.6 is 12.4 Å². The number of halogens is 1. The van der Waals surface area contributed by atoms with E-state index in [0.29, 0.717) is 11.4 Å². The smallest absolute Gasteiger partial charge is 0.241 e. The lowest BCUT2D eigenvalue weighted by molar-refractivity contribution is 0.251. The summed E-state index contributed by atoms with van der Waals surface area (Å²) in [5, 5.41) is 0. The van der Waals surface area contributed by atoms with Gasteiger partial charge in [-0.1, -0.05) is 24.3 Å². The molecule has 6 heteroatoms. The Morgan fingerprint density at radius 3 is 2.07 bits per heavy atom. The molecule has 160 valence electrons. The van der Waals surface area contributed by atoms with Gasteiger partial charge in [-0.3, -0.25) is 4.90 Å². The largest absolute Gasteiger partial charge is 0.299 e. The van der Waals surface area contributed by atoms with Gasteiger partial charge in [0.15, 0.2) is 0 Å². The molecule has 0 aromatic heterocycles. The van der Waals surface area contributed by atoms with Crippen LogP contribution in [0.5, 0.6) is 0 Å². The van der Waals surface area contributed by atoms with Gasteiger partial charge in [0.1, 0.15) is 0 Å². The Kier molecular flexibility index (Phi) is 7.91. The van der Waals surface area contributed by atoms with Crippen molar-refractivity contribution in [1.82, 2.24) is 9.62 Å². The van der Waals surface area contributed by atoms with Crippen LogP contribution in [0.3, 0.4) is 0 Å². The van der Waals surface area contributed by atoms with Crippen molar-refractivity contribution in [3.8, 4) is 0 Å². The minimum absolute atomic E-state index is 0. The van der Waals surface area contributed by atoms with Crippen molar-refractivity contribution >= 4 is 22.4 Å². The molecule has 0 unspecified atom stereocenters. The number of benzene rings is 2. The lowest BCUT2D eigenvalue weighted by Gasteiger charge is -2.28. The van der Waals surface area contributed by atoms with Gasteiger partial charge in [-0.2, -0.15) is 0 Å². The minimum Gasteiger partial charge on any atom is -0.299 e. The molecule has 0 atom stereocenters. The molecule has 0 spiro atoms. The van der Waals surface area contributed by atoms with E-state index in [1.165, 1.54) is 16.7 Å². The molecule has 1 heterocycles. The highest BCUT2D eigenvalue weighted by Gasteiger charge is 2.23. The molecule has 0 bridgehead atoms. The Morgan fingerprint density at radius 1 is 0.897 bits per heavy atom. The molecule has 0 aliphatic carbocycles. The monoisotopic (exact) mass is 436 g/mol. The zero-order valence-electron chi connectivity index (χ0n) is 18.1. The standard InChI is InChI=1S/C23H32N2O2S.ClH/c1-16-17(2)19(4)23(20(5)18(16)3)28(26,27)24-12-8-13-25-14-11-21-9-6-7-10-22(21)15-25;/h6-7,9-10,24H,8,11-15H2,1-5H3;1H. The summed E-state index contributed by atoms with van der Waals surface area (Å²) in [6, 6.07) is 8.59. The summed E-state index contributed by atoms with van der Waals surface area (Å²) in [6.07, 6.45) is 1.88. The molecule has 1 aliphatic rings. The van der Waals surface area contributed by atoms with Gasteiger partial charge in [0.2, 0.25) is 10.0 Å². The van der Waals surface area contributed by atoms with Gasteiger partial charge in [-0.25, -0.2) is 13.1 Å². The molecule has 1 aliphatic heterocycles. The van der Waals surface area contributed by atoms with Crippen LogP contribution in [-0.4, -0.2) is 33.0 Å². The molecule has 4 nitrogen and oxygen atoms in total. The Hall–Kier alpha value is -1.40. The predicted octanol–water partition coefficient (Wildman–Crippen LogP) is 4.38. The van der Waals surface area contributed by atoms with Crippen LogP contribution in [0, 0.1) is 34.6 Å². The van der Waals surface area contributed by atoms with Crippen LogP contribution < -0.4 is 4.72 Å². The average molecular weight is 437 g/mol. The summed E-state index contributed by atoms with van der Waals surface area (Å²) in [5.74, 6) is 0. The van der Waals surface area contributed by atoms with E-state index in [9.17, 15) is 8.42 Å². The molecule has 29 heavy (non-hydrogen) atoms. The number of sulfonamides is 1. The fourth-order valence-corrected chi connectivity index (χ4v) is 5.86. The first-order chi connectivity index (χ1) is 13.2. The van der Waals surface area contributed by atoms with Crippen LogP contribution in [0.15, 0.2) is 29.2 Å². The Labute approximate surface area is 182 Å². The lowest BCUT2D eigenvalue weighted by atomic mass is 9.95. The van der Waals surface area contributed by atoms with Crippen LogP contribution in [0.1, 0.15) is 45.4 Å². The quantitative estimate of drug-likeness (QED) is 0.683. The maximum Gasteiger partial charge on any atom is 0.241 e. The highest BCUT2D eigenvalue weighted by Crippen LogP contribution is 2.29. The molecular weight excluding hydrogens is 404 g/mol. The van der Waals surface area contributed by atoms with Crippen LogP contribution in [0.2, 0.25) is 0 Å².